The van der Waals surface area contributed by atoms with Crippen LogP contribution in [0.2, 0.25) is 0 Å². The van der Waals surface area contributed by atoms with Gasteiger partial charge in [-0.3, -0.25) is 9.69 Å². The molecule has 0 unspecified atom stereocenters. The molecular formula is C25H26F6N2O. The quantitative estimate of drug-likeness (QED) is 0.482. The first-order chi connectivity index (χ1) is 16.0. The van der Waals surface area contributed by atoms with Gasteiger partial charge in [0, 0.05) is 25.2 Å². The molecule has 1 spiro atoms. The third-order valence-electron chi connectivity index (χ3n) is 7.11. The molecule has 0 N–H and O–H groups in total. The molecule has 2 aliphatic heterocycles. The minimum atomic E-state index is -4.98. The Hall–Kier alpha value is -2.55. The highest BCUT2D eigenvalue weighted by Crippen LogP contribution is 2.42. The van der Waals surface area contributed by atoms with Crippen molar-refractivity contribution in [2.45, 2.75) is 44.6 Å². The van der Waals surface area contributed by atoms with Crippen molar-refractivity contribution >= 4 is 5.91 Å². The number of likely N-dealkylation sites (tertiary alicyclic amines) is 2. The van der Waals surface area contributed by atoms with E-state index in [4.69, 9.17) is 0 Å². The van der Waals surface area contributed by atoms with E-state index >= 15 is 0 Å². The Morgan fingerprint density at radius 1 is 0.765 bits per heavy atom. The first kappa shape index (κ1) is 24.6. The Labute approximate surface area is 194 Å². The molecule has 1 amide bonds. The van der Waals surface area contributed by atoms with Crippen LogP contribution in [0.4, 0.5) is 26.3 Å². The molecule has 0 radical (unpaired) electrons. The fraction of sp³-hybridized carbons (Fsp3) is 0.480. The topological polar surface area (TPSA) is 23.6 Å². The van der Waals surface area contributed by atoms with Crippen molar-refractivity contribution < 1.29 is 31.1 Å². The van der Waals surface area contributed by atoms with E-state index in [0.29, 0.717) is 38.1 Å². The van der Waals surface area contributed by atoms with E-state index < -0.39 is 35.0 Å². The number of hydrogen-bond donors (Lipinski definition) is 0. The highest BCUT2D eigenvalue weighted by Gasteiger charge is 2.40. The van der Waals surface area contributed by atoms with Crippen LogP contribution in [0.3, 0.4) is 0 Å². The van der Waals surface area contributed by atoms with Gasteiger partial charge in [-0.25, -0.2) is 0 Å². The van der Waals surface area contributed by atoms with Gasteiger partial charge >= 0.3 is 12.4 Å². The number of rotatable bonds is 3. The Morgan fingerprint density at radius 2 is 1.26 bits per heavy atom. The molecule has 0 atom stereocenters. The van der Waals surface area contributed by atoms with Crippen molar-refractivity contribution in [1.29, 1.82) is 0 Å². The van der Waals surface area contributed by atoms with E-state index in [0.717, 1.165) is 32.5 Å². The number of benzene rings is 2. The Bertz CT molecular complexity index is 968. The summed E-state index contributed by atoms with van der Waals surface area (Å²) in [6.45, 7) is 3.37. The average Bonchev–Trinajstić information content (AvgIpc) is 2.80. The highest BCUT2D eigenvalue weighted by atomic mass is 19.4. The largest absolute Gasteiger partial charge is 0.416 e. The summed E-state index contributed by atoms with van der Waals surface area (Å²) in [5.74, 6) is -0.784. The molecule has 9 heteroatoms. The van der Waals surface area contributed by atoms with Gasteiger partial charge in [0.05, 0.1) is 11.1 Å². The van der Waals surface area contributed by atoms with Crippen LogP contribution in [0.1, 0.15) is 52.7 Å². The molecule has 4 rings (SSSR count). The molecule has 0 saturated carbocycles. The van der Waals surface area contributed by atoms with Crippen molar-refractivity contribution in [2.24, 2.45) is 5.41 Å². The fourth-order valence-corrected chi connectivity index (χ4v) is 4.97. The molecular weight excluding hydrogens is 458 g/mol. The summed E-state index contributed by atoms with van der Waals surface area (Å²) in [5.41, 5.74) is -2.20. The second kappa shape index (κ2) is 9.24. The van der Waals surface area contributed by atoms with E-state index in [2.05, 4.69) is 17.0 Å². The molecule has 2 aromatic carbocycles. The Kier molecular flexibility index (Phi) is 6.68. The molecule has 2 heterocycles. The standard InChI is InChI=1S/C25H26F6N2O/c26-24(27,28)20-14-19(15-21(16-20)25(29,30)31)22(34)33-12-8-23(9-13-33)6-10-32(11-7-23)17-18-4-2-1-3-5-18/h1-5,14-16H,6-13,17H2. The number of alkyl halides is 6. The van der Waals surface area contributed by atoms with Gasteiger partial charge in [-0.1, -0.05) is 30.3 Å². The maximum absolute atomic E-state index is 13.2. The number of hydrogen-bond acceptors (Lipinski definition) is 2. The van der Waals surface area contributed by atoms with E-state index in [1.807, 2.05) is 18.2 Å². The second-order valence-corrected chi connectivity index (χ2v) is 9.35. The van der Waals surface area contributed by atoms with Crippen molar-refractivity contribution in [1.82, 2.24) is 9.80 Å². The van der Waals surface area contributed by atoms with Gasteiger partial charge in [0.25, 0.3) is 5.91 Å². The van der Waals surface area contributed by atoms with Gasteiger partial charge in [-0.05, 0) is 68.0 Å². The summed E-state index contributed by atoms with van der Waals surface area (Å²) < 4.78 is 78.9. The number of halogens is 6. The molecule has 3 nitrogen and oxygen atoms in total. The molecule has 2 saturated heterocycles. The van der Waals surface area contributed by atoms with Crippen molar-refractivity contribution in [3.63, 3.8) is 0 Å². The first-order valence-electron chi connectivity index (χ1n) is 11.3. The van der Waals surface area contributed by atoms with Crippen LogP contribution >= 0.6 is 0 Å². The van der Waals surface area contributed by atoms with Crippen molar-refractivity contribution in [3.05, 3.63) is 70.8 Å². The zero-order chi connectivity index (χ0) is 24.6. The summed E-state index contributed by atoms with van der Waals surface area (Å²) in [6.07, 6.45) is -6.63. The van der Waals surface area contributed by atoms with Gasteiger partial charge in [-0.15, -0.1) is 0 Å². The third-order valence-corrected chi connectivity index (χ3v) is 7.11. The Morgan fingerprint density at radius 3 is 1.76 bits per heavy atom. The van der Waals surface area contributed by atoms with Crippen molar-refractivity contribution in [3.8, 4) is 0 Å². The number of amides is 1. The smallest absolute Gasteiger partial charge is 0.339 e. The van der Waals surface area contributed by atoms with Gasteiger partial charge in [0.1, 0.15) is 0 Å². The minimum Gasteiger partial charge on any atom is -0.339 e. The lowest BCUT2D eigenvalue weighted by Gasteiger charge is -2.47. The van der Waals surface area contributed by atoms with E-state index in [-0.39, 0.29) is 11.5 Å². The molecule has 2 aliphatic rings. The Balaban J connectivity index is 1.39. The highest BCUT2D eigenvalue weighted by molar-refractivity contribution is 5.94. The minimum absolute atomic E-state index is 0.0468. The summed E-state index contributed by atoms with van der Waals surface area (Å²) in [6, 6.07) is 11.3. The lowest BCUT2D eigenvalue weighted by atomic mass is 9.71. The summed E-state index contributed by atoms with van der Waals surface area (Å²) in [5, 5.41) is 0. The molecule has 34 heavy (non-hydrogen) atoms. The van der Waals surface area contributed by atoms with Crippen LogP contribution in [-0.4, -0.2) is 41.9 Å². The maximum Gasteiger partial charge on any atom is 0.416 e. The van der Waals surface area contributed by atoms with Gasteiger partial charge in [-0.2, -0.15) is 26.3 Å². The normalized spacial score (nSPS) is 19.4. The zero-order valence-corrected chi connectivity index (χ0v) is 18.6. The van der Waals surface area contributed by atoms with Crippen LogP contribution in [0.15, 0.2) is 48.5 Å². The molecule has 0 aromatic heterocycles. The van der Waals surface area contributed by atoms with Crippen LogP contribution in [-0.2, 0) is 18.9 Å². The first-order valence-corrected chi connectivity index (χ1v) is 11.3. The monoisotopic (exact) mass is 484 g/mol. The SMILES string of the molecule is O=C(c1cc(C(F)(F)F)cc(C(F)(F)F)c1)N1CCC2(CCN(Cc3ccccc3)CC2)CC1. The number of carbonyl (C=O) groups is 1. The maximum atomic E-state index is 13.2. The number of piperidine rings is 2. The molecule has 184 valence electrons. The van der Waals surface area contributed by atoms with Crippen LogP contribution in [0.5, 0.6) is 0 Å². The summed E-state index contributed by atoms with van der Waals surface area (Å²) in [4.78, 5) is 16.6. The predicted molar refractivity (Wildman–Crippen MR) is 115 cm³/mol. The molecule has 0 bridgehead atoms. The summed E-state index contributed by atoms with van der Waals surface area (Å²) >= 11 is 0. The van der Waals surface area contributed by atoms with Gasteiger partial charge in [0.15, 0.2) is 0 Å². The molecule has 2 aromatic rings. The van der Waals surface area contributed by atoms with Gasteiger partial charge < -0.3 is 4.90 Å². The van der Waals surface area contributed by atoms with E-state index in [1.54, 1.807) is 0 Å². The van der Waals surface area contributed by atoms with Crippen LogP contribution < -0.4 is 0 Å². The van der Waals surface area contributed by atoms with Crippen LogP contribution in [0.25, 0.3) is 0 Å². The molecule has 0 aliphatic carbocycles. The molecule has 2 fully saturated rings. The third kappa shape index (κ3) is 5.56. The fourth-order valence-electron chi connectivity index (χ4n) is 4.97. The van der Waals surface area contributed by atoms with E-state index in [9.17, 15) is 31.1 Å². The lowest BCUT2D eigenvalue weighted by molar-refractivity contribution is -0.143. The zero-order valence-electron chi connectivity index (χ0n) is 18.6. The van der Waals surface area contributed by atoms with Gasteiger partial charge in [0.2, 0.25) is 0 Å². The lowest BCUT2D eigenvalue weighted by Crippen LogP contribution is -2.48. The predicted octanol–water partition coefficient (Wildman–Crippen LogP) is 6.24. The number of carbonyl (C=O) groups excluding carboxylic acids is 1. The number of nitrogens with zero attached hydrogens (tertiary/aromatic N) is 2. The summed E-state index contributed by atoms with van der Waals surface area (Å²) in [7, 11) is 0. The van der Waals surface area contributed by atoms with Crippen molar-refractivity contribution in [2.75, 3.05) is 26.2 Å². The second-order valence-electron chi connectivity index (χ2n) is 9.35. The average molecular weight is 484 g/mol. The van der Waals surface area contributed by atoms with E-state index in [1.165, 1.54) is 10.5 Å². The van der Waals surface area contributed by atoms with Crippen LogP contribution in [0, 0.1) is 5.41 Å².